The molecule has 0 N–H and O–H groups in total. The second kappa shape index (κ2) is 16.1. The molecule has 0 aromatic carbocycles. The molecule has 1 aliphatic rings. The molecule has 0 aliphatic heterocycles. The van der Waals surface area contributed by atoms with Crippen LogP contribution < -0.4 is 0 Å². The molecule has 0 spiro atoms. The average molecular weight is 477 g/mol. The van der Waals surface area contributed by atoms with Crippen molar-refractivity contribution in [2.24, 2.45) is 0 Å². The van der Waals surface area contributed by atoms with Gasteiger partial charge in [0, 0.05) is 26.0 Å². The van der Waals surface area contributed by atoms with Gasteiger partial charge in [-0.3, -0.25) is 0 Å². The second-order valence-electron chi connectivity index (χ2n) is 3.12. The predicted octanol–water partition coefficient (Wildman–Crippen LogP) is 3.39. The van der Waals surface area contributed by atoms with Crippen LogP contribution in [0.4, 0.5) is 0 Å². The maximum Gasteiger partial charge on any atom is 0 e. The van der Waals surface area contributed by atoms with E-state index >= 15 is 0 Å². The van der Waals surface area contributed by atoms with E-state index in [0.717, 1.165) is 0 Å². The molecule has 0 amide bonds. The molecular weight excluding hydrogens is 459 g/mol. The van der Waals surface area contributed by atoms with E-state index in [4.69, 9.17) is 9.30 Å². The fourth-order valence-corrected chi connectivity index (χ4v) is 1.41. The fraction of sp³-hybridized carbons (Fsp3) is 0.462. The first-order valence-corrected chi connectivity index (χ1v) is 6.28. The summed E-state index contributed by atoms with van der Waals surface area (Å²) >= 11 is 2.62. The van der Waals surface area contributed by atoms with Crippen molar-refractivity contribution in [2.75, 3.05) is 0 Å². The SMILES string of the molecule is C[C]1C(C)=C(C)C(C)=C1C.C[Se].[C-]#[O+].[C-]#[O+].[Ir]. The molecule has 0 saturated heterocycles. The van der Waals surface area contributed by atoms with Crippen molar-refractivity contribution in [3.63, 3.8) is 0 Å². The van der Waals surface area contributed by atoms with Gasteiger partial charge in [0.2, 0.25) is 0 Å². The third-order valence-corrected chi connectivity index (χ3v) is 2.81. The Morgan fingerprint density at radius 1 is 0.647 bits per heavy atom. The summed E-state index contributed by atoms with van der Waals surface area (Å²) in [4.78, 5) is 0. The van der Waals surface area contributed by atoms with Crippen LogP contribution in [0.15, 0.2) is 22.3 Å². The van der Waals surface area contributed by atoms with Gasteiger partial charge in [0.25, 0.3) is 0 Å². The van der Waals surface area contributed by atoms with E-state index < -0.39 is 0 Å². The van der Waals surface area contributed by atoms with Gasteiger partial charge >= 0.3 is 44.4 Å². The third kappa shape index (κ3) is 7.95. The smallest absolute Gasteiger partial charge is 0 e. The van der Waals surface area contributed by atoms with Crippen LogP contribution >= 0.6 is 0 Å². The van der Waals surface area contributed by atoms with Crippen molar-refractivity contribution in [2.45, 2.75) is 40.4 Å². The summed E-state index contributed by atoms with van der Waals surface area (Å²) in [5, 5.41) is 0. The van der Waals surface area contributed by atoms with Crippen LogP contribution in [0.1, 0.15) is 34.6 Å². The maximum atomic E-state index is 7.50. The van der Waals surface area contributed by atoms with Crippen molar-refractivity contribution in [3.8, 4) is 0 Å². The van der Waals surface area contributed by atoms with E-state index in [-0.39, 0.29) is 20.1 Å². The van der Waals surface area contributed by atoms with Crippen LogP contribution in [-0.2, 0) is 29.4 Å². The molecule has 17 heavy (non-hydrogen) atoms. The van der Waals surface area contributed by atoms with Gasteiger partial charge in [-0.2, -0.15) is 0 Å². The molecular formula is C13H18IrO2Se. The van der Waals surface area contributed by atoms with Gasteiger partial charge in [0.1, 0.15) is 0 Å². The van der Waals surface area contributed by atoms with Crippen molar-refractivity contribution >= 4 is 16.0 Å². The summed E-state index contributed by atoms with van der Waals surface area (Å²) in [6, 6.07) is 0. The van der Waals surface area contributed by atoms with Crippen LogP contribution in [0.25, 0.3) is 0 Å². The minimum Gasteiger partial charge on any atom is 0 e. The first-order valence-electron chi connectivity index (χ1n) is 4.57. The summed E-state index contributed by atoms with van der Waals surface area (Å²) in [5.74, 6) is 3.34. The summed E-state index contributed by atoms with van der Waals surface area (Å²) in [6.07, 6.45) is 0. The molecule has 0 bridgehead atoms. The van der Waals surface area contributed by atoms with E-state index in [9.17, 15) is 0 Å². The monoisotopic (exact) mass is 479 g/mol. The molecule has 97 valence electrons. The number of hydrogen-bond acceptors (Lipinski definition) is 0. The molecule has 4 heteroatoms. The van der Waals surface area contributed by atoms with E-state index in [2.05, 4.69) is 63.9 Å². The van der Waals surface area contributed by atoms with Crippen LogP contribution in [-0.4, -0.2) is 16.0 Å². The van der Waals surface area contributed by atoms with E-state index in [1.54, 1.807) is 0 Å². The zero-order valence-electron chi connectivity index (χ0n) is 11.1. The fourth-order valence-electron chi connectivity index (χ4n) is 1.41. The quantitative estimate of drug-likeness (QED) is 0.292. The van der Waals surface area contributed by atoms with Crippen LogP contribution in [0.3, 0.4) is 0 Å². The van der Waals surface area contributed by atoms with Gasteiger partial charge in [-0.15, -0.1) is 0 Å². The van der Waals surface area contributed by atoms with Gasteiger partial charge in [0.15, 0.2) is 0 Å². The predicted molar refractivity (Wildman–Crippen MR) is 65.1 cm³/mol. The average Bonchev–Trinajstić information content (AvgIpc) is 2.55. The summed E-state index contributed by atoms with van der Waals surface area (Å²) in [7, 11) is 0. The molecule has 0 saturated carbocycles. The summed E-state index contributed by atoms with van der Waals surface area (Å²) < 4.78 is 15.0. The normalized spacial score (nSPS) is 13.1. The Hall–Kier alpha value is 0.129. The van der Waals surface area contributed by atoms with Crippen molar-refractivity contribution in [1.29, 1.82) is 0 Å². The second-order valence-corrected chi connectivity index (χ2v) is 3.12. The van der Waals surface area contributed by atoms with Crippen LogP contribution in [0.2, 0.25) is 5.82 Å². The zero-order valence-corrected chi connectivity index (χ0v) is 15.2. The molecule has 0 aromatic rings. The standard InChI is InChI=1S/C10H15.2CO.CH3Se.Ir/c1-6-7(2)9(4)10(5)8(6)3;3*1-2;/h1-5H3;;;1H3;. The van der Waals surface area contributed by atoms with Gasteiger partial charge in [-0.05, 0) is 38.8 Å². The van der Waals surface area contributed by atoms with Gasteiger partial charge in [-0.1, -0.05) is 18.1 Å². The Bertz CT molecular complexity index is 271. The van der Waals surface area contributed by atoms with E-state index in [1.807, 2.05) is 5.82 Å². The zero-order chi connectivity index (χ0) is 13.9. The third-order valence-electron chi connectivity index (χ3n) is 2.81. The van der Waals surface area contributed by atoms with Crippen LogP contribution in [0.5, 0.6) is 0 Å². The summed E-state index contributed by atoms with van der Waals surface area (Å²) in [6.45, 7) is 20.0. The topological polar surface area (TPSA) is 39.8 Å². The molecule has 0 unspecified atom stereocenters. The van der Waals surface area contributed by atoms with Crippen molar-refractivity contribution < 1.29 is 29.4 Å². The summed E-state index contributed by atoms with van der Waals surface area (Å²) in [5.41, 5.74) is 5.87. The Morgan fingerprint density at radius 3 is 0.882 bits per heavy atom. The minimum atomic E-state index is 0. The molecule has 0 aromatic heterocycles. The van der Waals surface area contributed by atoms with E-state index in [0.29, 0.717) is 0 Å². The number of hydrogen-bond donors (Lipinski definition) is 0. The molecule has 2 nitrogen and oxygen atoms in total. The van der Waals surface area contributed by atoms with Gasteiger partial charge in [0.05, 0.1) is 0 Å². The molecule has 1 rings (SSSR count). The Kier molecular flexibility index (Phi) is 24.5. The number of allylic oxidation sites excluding steroid dienone is 4. The molecule has 1 aliphatic carbocycles. The Labute approximate surface area is 127 Å². The molecule has 0 heterocycles. The molecule has 0 fully saturated rings. The first-order chi connectivity index (χ1) is 7.55. The van der Waals surface area contributed by atoms with Crippen LogP contribution in [0, 0.1) is 19.2 Å². The first kappa shape index (κ1) is 25.9. The minimum absolute atomic E-state index is 0. The molecule has 3 radical (unpaired) electrons. The largest absolute Gasteiger partial charge is 0 e. The van der Waals surface area contributed by atoms with Gasteiger partial charge in [-0.25, -0.2) is 0 Å². The number of rotatable bonds is 0. The van der Waals surface area contributed by atoms with Gasteiger partial charge < -0.3 is 0 Å². The van der Waals surface area contributed by atoms with Crippen molar-refractivity contribution in [1.82, 2.24) is 0 Å². The van der Waals surface area contributed by atoms with E-state index in [1.165, 1.54) is 28.2 Å². The Balaban J connectivity index is -0.000000106. The van der Waals surface area contributed by atoms with Crippen molar-refractivity contribution in [3.05, 3.63) is 41.5 Å². The maximum absolute atomic E-state index is 7.50. The molecule has 0 atom stereocenters. The Morgan fingerprint density at radius 2 is 0.824 bits per heavy atom.